The molecule has 0 aliphatic heterocycles. The lowest BCUT2D eigenvalue weighted by Gasteiger charge is -2.24. The summed E-state index contributed by atoms with van der Waals surface area (Å²) in [6, 6.07) is 29.1. The van der Waals surface area contributed by atoms with Gasteiger partial charge in [-0.2, -0.15) is 0 Å². The van der Waals surface area contributed by atoms with E-state index in [9.17, 15) is 9.59 Å². The molecule has 0 atom stereocenters. The number of nitrogens with one attached hydrogen (secondary N) is 1. The Morgan fingerprint density at radius 3 is 2.31 bits per heavy atom. The minimum absolute atomic E-state index is 0.101. The Labute approximate surface area is 205 Å². The van der Waals surface area contributed by atoms with E-state index < -0.39 is 0 Å². The van der Waals surface area contributed by atoms with E-state index in [0.29, 0.717) is 23.6 Å². The maximum absolute atomic E-state index is 13.2. The van der Waals surface area contributed by atoms with E-state index in [0.717, 1.165) is 16.7 Å². The molecule has 6 nitrogen and oxygen atoms in total. The monoisotopic (exact) mass is 467 g/mol. The number of para-hydroxylation sites is 1. The molecular weight excluding hydrogens is 438 g/mol. The zero-order valence-electron chi connectivity index (χ0n) is 20.0. The average Bonchev–Trinajstić information content (AvgIpc) is 3.41. The van der Waals surface area contributed by atoms with E-state index in [-0.39, 0.29) is 24.9 Å². The van der Waals surface area contributed by atoms with Gasteiger partial charge in [0.1, 0.15) is 5.76 Å². The molecule has 1 N–H and O–H groups in total. The topological polar surface area (TPSA) is 65.8 Å². The molecule has 0 radical (unpaired) electrons. The van der Waals surface area contributed by atoms with Gasteiger partial charge in [-0.25, -0.2) is 0 Å². The Hall–Kier alpha value is -4.16. The predicted molar refractivity (Wildman–Crippen MR) is 138 cm³/mol. The number of likely N-dealkylation sites (N-methyl/N-ethyl adjacent to an activating group) is 2. The highest BCUT2D eigenvalue weighted by atomic mass is 16.3. The molecule has 35 heavy (non-hydrogen) atoms. The van der Waals surface area contributed by atoms with E-state index in [1.165, 1.54) is 0 Å². The molecule has 3 aromatic carbocycles. The van der Waals surface area contributed by atoms with E-state index in [1.807, 2.05) is 48.3 Å². The summed E-state index contributed by atoms with van der Waals surface area (Å²) in [6.45, 7) is 1.11. The Bertz CT molecular complexity index is 1270. The Kier molecular flexibility index (Phi) is 7.75. The molecule has 0 spiro atoms. The maximum atomic E-state index is 13.2. The van der Waals surface area contributed by atoms with Gasteiger partial charge in [0.25, 0.3) is 5.91 Å². The van der Waals surface area contributed by atoms with Crippen molar-refractivity contribution in [1.82, 2.24) is 10.2 Å². The number of nitrogens with zero attached hydrogens (tertiary/aromatic N) is 2. The Morgan fingerprint density at radius 1 is 0.829 bits per heavy atom. The molecule has 4 aromatic rings. The fourth-order valence-corrected chi connectivity index (χ4v) is 4.01. The van der Waals surface area contributed by atoms with E-state index >= 15 is 0 Å². The van der Waals surface area contributed by atoms with Crippen LogP contribution in [-0.4, -0.2) is 37.4 Å². The third-order valence-electron chi connectivity index (χ3n) is 5.84. The standard InChI is InChI=1S/C29H29N3O3/c1-31(20-23-13-6-7-15-25(23)22-11-4-3-5-12-22)21-28(33)32(2)27-17-9-8-16-26(27)29(34)30-19-24-14-10-18-35-24/h3-18H,19-21H2,1-2H3,(H,30,34). The van der Waals surface area contributed by atoms with Gasteiger partial charge in [-0.05, 0) is 48.0 Å². The smallest absolute Gasteiger partial charge is 0.253 e. The molecule has 6 heteroatoms. The van der Waals surface area contributed by atoms with Gasteiger partial charge in [-0.1, -0.05) is 66.7 Å². The predicted octanol–water partition coefficient (Wildman–Crippen LogP) is 4.97. The van der Waals surface area contributed by atoms with Crippen molar-refractivity contribution in [3.05, 3.63) is 114 Å². The third-order valence-corrected chi connectivity index (χ3v) is 5.84. The van der Waals surface area contributed by atoms with Crippen LogP contribution in [-0.2, 0) is 17.9 Å². The molecule has 4 rings (SSSR count). The van der Waals surface area contributed by atoms with Crippen molar-refractivity contribution in [3.63, 3.8) is 0 Å². The third kappa shape index (κ3) is 6.05. The largest absolute Gasteiger partial charge is 0.467 e. The second-order valence-electron chi connectivity index (χ2n) is 8.43. The average molecular weight is 468 g/mol. The lowest BCUT2D eigenvalue weighted by molar-refractivity contribution is -0.119. The molecule has 0 saturated heterocycles. The second-order valence-corrected chi connectivity index (χ2v) is 8.43. The van der Waals surface area contributed by atoms with Crippen LogP contribution in [0.3, 0.4) is 0 Å². The lowest BCUT2D eigenvalue weighted by Crippen LogP contribution is -2.37. The fraction of sp³-hybridized carbons (Fsp3) is 0.172. The number of benzene rings is 3. The first-order valence-corrected chi connectivity index (χ1v) is 11.5. The number of carbonyl (C=O) groups is 2. The van der Waals surface area contributed by atoms with Crippen molar-refractivity contribution in [1.29, 1.82) is 0 Å². The minimum Gasteiger partial charge on any atom is -0.467 e. The first kappa shape index (κ1) is 24.0. The first-order valence-electron chi connectivity index (χ1n) is 11.5. The fourth-order valence-electron chi connectivity index (χ4n) is 4.01. The number of anilines is 1. The van der Waals surface area contributed by atoms with Crippen LogP contribution in [0.2, 0.25) is 0 Å². The van der Waals surface area contributed by atoms with Crippen LogP contribution in [0.25, 0.3) is 11.1 Å². The van der Waals surface area contributed by atoms with Crippen LogP contribution in [0, 0.1) is 0 Å². The summed E-state index contributed by atoms with van der Waals surface area (Å²) in [6.07, 6.45) is 1.57. The Balaban J connectivity index is 1.42. The van der Waals surface area contributed by atoms with Gasteiger partial charge < -0.3 is 14.6 Å². The van der Waals surface area contributed by atoms with Crippen molar-refractivity contribution in [2.45, 2.75) is 13.1 Å². The highest BCUT2D eigenvalue weighted by Gasteiger charge is 2.20. The molecule has 0 aliphatic carbocycles. The number of carbonyl (C=O) groups excluding carboxylic acids is 2. The molecule has 2 amide bonds. The summed E-state index contributed by atoms with van der Waals surface area (Å²) in [5.41, 5.74) is 4.45. The molecule has 0 aliphatic rings. The van der Waals surface area contributed by atoms with E-state index in [1.54, 1.807) is 48.5 Å². The second kappa shape index (κ2) is 11.3. The van der Waals surface area contributed by atoms with Crippen molar-refractivity contribution in [3.8, 4) is 11.1 Å². The number of rotatable bonds is 9. The number of hydrogen-bond donors (Lipinski definition) is 1. The Morgan fingerprint density at radius 2 is 1.54 bits per heavy atom. The van der Waals surface area contributed by atoms with Crippen LogP contribution in [0.15, 0.2) is 102 Å². The van der Waals surface area contributed by atoms with E-state index in [2.05, 4.69) is 29.6 Å². The number of amides is 2. The van der Waals surface area contributed by atoms with Gasteiger partial charge in [0.15, 0.2) is 0 Å². The number of furan rings is 1. The maximum Gasteiger partial charge on any atom is 0.253 e. The molecule has 1 heterocycles. The SMILES string of the molecule is CN(CC(=O)N(C)c1ccccc1C(=O)NCc1ccco1)Cc1ccccc1-c1ccccc1. The van der Waals surface area contributed by atoms with Gasteiger partial charge in [0, 0.05) is 13.6 Å². The van der Waals surface area contributed by atoms with Crippen LogP contribution < -0.4 is 10.2 Å². The first-order chi connectivity index (χ1) is 17.0. The normalized spacial score (nSPS) is 10.8. The van der Waals surface area contributed by atoms with Gasteiger partial charge in [0.05, 0.1) is 30.6 Å². The highest BCUT2D eigenvalue weighted by molar-refractivity contribution is 6.05. The van der Waals surface area contributed by atoms with Gasteiger partial charge in [-0.3, -0.25) is 14.5 Å². The molecule has 1 aromatic heterocycles. The molecule has 0 saturated carbocycles. The van der Waals surface area contributed by atoms with Crippen LogP contribution in [0.4, 0.5) is 5.69 Å². The highest BCUT2D eigenvalue weighted by Crippen LogP contribution is 2.25. The summed E-state index contributed by atoms with van der Waals surface area (Å²) in [4.78, 5) is 29.5. The quantitative estimate of drug-likeness (QED) is 0.377. The van der Waals surface area contributed by atoms with Gasteiger partial charge in [0.2, 0.25) is 5.91 Å². The summed E-state index contributed by atoms with van der Waals surface area (Å²) < 4.78 is 5.28. The molecule has 178 valence electrons. The van der Waals surface area contributed by atoms with Crippen LogP contribution in [0.1, 0.15) is 21.7 Å². The molecular formula is C29H29N3O3. The number of hydrogen-bond acceptors (Lipinski definition) is 4. The van der Waals surface area contributed by atoms with Gasteiger partial charge in [-0.15, -0.1) is 0 Å². The van der Waals surface area contributed by atoms with E-state index in [4.69, 9.17) is 4.42 Å². The van der Waals surface area contributed by atoms with Crippen molar-refractivity contribution in [2.24, 2.45) is 0 Å². The summed E-state index contributed by atoms with van der Waals surface area (Å²) in [7, 11) is 3.63. The minimum atomic E-state index is -0.262. The zero-order chi connectivity index (χ0) is 24.6. The van der Waals surface area contributed by atoms with Crippen molar-refractivity contribution >= 4 is 17.5 Å². The molecule has 0 unspecified atom stereocenters. The summed E-state index contributed by atoms with van der Waals surface area (Å²) in [5.74, 6) is 0.301. The summed E-state index contributed by atoms with van der Waals surface area (Å²) >= 11 is 0. The van der Waals surface area contributed by atoms with Crippen LogP contribution >= 0.6 is 0 Å². The zero-order valence-corrected chi connectivity index (χ0v) is 20.0. The van der Waals surface area contributed by atoms with Gasteiger partial charge >= 0.3 is 0 Å². The lowest BCUT2D eigenvalue weighted by atomic mass is 9.99. The molecule has 0 bridgehead atoms. The van der Waals surface area contributed by atoms with Crippen molar-refractivity contribution in [2.75, 3.05) is 25.5 Å². The summed E-state index contributed by atoms with van der Waals surface area (Å²) in [5, 5.41) is 2.85. The van der Waals surface area contributed by atoms with Crippen LogP contribution in [0.5, 0.6) is 0 Å². The molecule has 0 fully saturated rings. The van der Waals surface area contributed by atoms with Crippen molar-refractivity contribution < 1.29 is 14.0 Å².